The zero-order valence-corrected chi connectivity index (χ0v) is 13.4. The van der Waals surface area contributed by atoms with E-state index in [0.717, 1.165) is 37.5 Å². The van der Waals surface area contributed by atoms with Crippen molar-refractivity contribution >= 4 is 12.3 Å². The Morgan fingerprint density at radius 2 is 1.48 bits per heavy atom. The van der Waals surface area contributed by atoms with Crippen LogP contribution in [0.1, 0.15) is 84.0 Å². The maximum atomic E-state index is 11.4. The molecular weight excluding hydrogens is 264 g/mol. The molecule has 1 aliphatic heterocycles. The number of carbonyl (C=O) groups excluding carboxylic acids is 2. The smallest absolute Gasteiger partial charge is 0.334 e. The van der Waals surface area contributed by atoms with Crippen LogP contribution in [0.25, 0.3) is 0 Å². The van der Waals surface area contributed by atoms with Gasteiger partial charge < -0.3 is 9.53 Å². The van der Waals surface area contributed by atoms with Crippen LogP contribution in [0.3, 0.4) is 0 Å². The number of carbonyl (C=O) groups is 2. The minimum atomic E-state index is -0.114. The van der Waals surface area contributed by atoms with Crippen molar-refractivity contribution in [2.45, 2.75) is 90.1 Å². The van der Waals surface area contributed by atoms with Gasteiger partial charge in [0.15, 0.2) is 0 Å². The number of hydrogen-bond donors (Lipinski definition) is 0. The highest BCUT2D eigenvalue weighted by atomic mass is 16.5. The summed E-state index contributed by atoms with van der Waals surface area (Å²) in [5.41, 5.74) is 0.873. The summed E-state index contributed by atoms with van der Waals surface area (Å²) in [5.74, 6) is -0.114. The highest BCUT2D eigenvalue weighted by molar-refractivity contribution is 5.90. The SMILES string of the molecule is C[C@H]1C=C(CCCCCCCCCCCCC=O)C(=O)O1. The summed E-state index contributed by atoms with van der Waals surface area (Å²) in [6, 6.07) is 0. The van der Waals surface area contributed by atoms with Gasteiger partial charge in [-0.15, -0.1) is 0 Å². The van der Waals surface area contributed by atoms with Gasteiger partial charge in [0.05, 0.1) is 0 Å². The lowest BCUT2D eigenvalue weighted by Crippen LogP contribution is -2.03. The van der Waals surface area contributed by atoms with Gasteiger partial charge in [0.1, 0.15) is 12.4 Å². The van der Waals surface area contributed by atoms with E-state index < -0.39 is 0 Å². The second-order valence-corrected chi connectivity index (χ2v) is 6.04. The Labute approximate surface area is 129 Å². The number of ether oxygens (including phenoxy) is 1. The van der Waals surface area contributed by atoms with Crippen LogP contribution in [-0.4, -0.2) is 18.4 Å². The van der Waals surface area contributed by atoms with Crippen molar-refractivity contribution in [1.82, 2.24) is 0 Å². The zero-order valence-electron chi connectivity index (χ0n) is 13.4. The molecule has 0 saturated heterocycles. The van der Waals surface area contributed by atoms with E-state index in [2.05, 4.69) is 0 Å². The van der Waals surface area contributed by atoms with Crippen molar-refractivity contribution in [3.05, 3.63) is 11.6 Å². The molecule has 3 heteroatoms. The van der Waals surface area contributed by atoms with Crippen molar-refractivity contribution < 1.29 is 14.3 Å². The summed E-state index contributed by atoms with van der Waals surface area (Å²) in [6.45, 7) is 1.91. The molecule has 0 unspecified atom stereocenters. The molecule has 0 N–H and O–H groups in total. The second-order valence-electron chi connectivity index (χ2n) is 6.04. The van der Waals surface area contributed by atoms with Gasteiger partial charge in [0.25, 0.3) is 0 Å². The average molecular weight is 294 g/mol. The van der Waals surface area contributed by atoms with E-state index in [4.69, 9.17) is 4.74 Å². The molecule has 3 nitrogen and oxygen atoms in total. The Balaban J connectivity index is 1.82. The minimum Gasteiger partial charge on any atom is -0.455 e. The molecule has 1 heterocycles. The lowest BCUT2D eigenvalue weighted by Gasteiger charge is -2.02. The third-order valence-electron chi connectivity index (χ3n) is 4.01. The van der Waals surface area contributed by atoms with Gasteiger partial charge in [-0.25, -0.2) is 4.79 Å². The number of unbranched alkanes of at least 4 members (excludes halogenated alkanes) is 10. The number of rotatable bonds is 13. The highest BCUT2D eigenvalue weighted by Crippen LogP contribution is 2.20. The normalized spacial score (nSPS) is 17.7. The molecule has 0 aromatic carbocycles. The molecule has 0 aliphatic carbocycles. The molecule has 0 amide bonds. The van der Waals surface area contributed by atoms with Crippen molar-refractivity contribution in [1.29, 1.82) is 0 Å². The first-order valence-electron chi connectivity index (χ1n) is 8.59. The lowest BCUT2D eigenvalue weighted by molar-refractivity contribution is -0.139. The van der Waals surface area contributed by atoms with Crippen LogP contribution in [0.15, 0.2) is 11.6 Å². The molecule has 1 atom stereocenters. The molecule has 0 saturated carbocycles. The largest absolute Gasteiger partial charge is 0.455 e. The molecule has 21 heavy (non-hydrogen) atoms. The number of esters is 1. The minimum absolute atomic E-state index is 0.0287. The Bertz CT molecular complexity index is 333. The molecule has 0 aromatic rings. The van der Waals surface area contributed by atoms with E-state index in [-0.39, 0.29) is 12.1 Å². The van der Waals surface area contributed by atoms with Gasteiger partial charge in [-0.05, 0) is 32.3 Å². The third kappa shape index (κ3) is 8.69. The van der Waals surface area contributed by atoms with Crippen LogP contribution in [0.5, 0.6) is 0 Å². The van der Waals surface area contributed by atoms with E-state index in [1.165, 1.54) is 51.4 Å². The predicted octanol–water partition coefficient (Wildman–Crippen LogP) is 4.74. The highest BCUT2D eigenvalue weighted by Gasteiger charge is 2.20. The fourth-order valence-corrected chi connectivity index (χ4v) is 2.77. The molecule has 0 bridgehead atoms. The second kappa shape index (κ2) is 11.5. The lowest BCUT2D eigenvalue weighted by atomic mass is 10.0. The number of cyclic esters (lactones) is 1. The van der Waals surface area contributed by atoms with Crippen molar-refractivity contribution in [3.63, 3.8) is 0 Å². The number of aldehydes is 1. The topological polar surface area (TPSA) is 43.4 Å². The summed E-state index contributed by atoms with van der Waals surface area (Å²) in [7, 11) is 0. The molecular formula is C18H30O3. The van der Waals surface area contributed by atoms with Gasteiger partial charge in [-0.1, -0.05) is 51.4 Å². The van der Waals surface area contributed by atoms with Crippen molar-refractivity contribution in [2.75, 3.05) is 0 Å². The Morgan fingerprint density at radius 3 is 1.95 bits per heavy atom. The first-order valence-corrected chi connectivity index (χ1v) is 8.59. The average Bonchev–Trinajstić information content (AvgIpc) is 2.78. The Morgan fingerprint density at radius 1 is 0.952 bits per heavy atom. The predicted molar refractivity (Wildman–Crippen MR) is 85.1 cm³/mol. The molecule has 120 valence electrons. The van der Waals surface area contributed by atoms with Crippen LogP contribution >= 0.6 is 0 Å². The van der Waals surface area contributed by atoms with Crippen LogP contribution in [-0.2, 0) is 14.3 Å². The third-order valence-corrected chi connectivity index (χ3v) is 4.01. The fourth-order valence-electron chi connectivity index (χ4n) is 2.77. The maximum Gasteiger partial charge on any atom is 0.334 e. The van der Waals surface area contributed by atoms with Gasteiger partial charge in [0, 0.05) is 12.0 Å². The monoisotopic (exact) mass is 294 g/mol. The van der Waals surface area contributed by atoms with Crippen molar-refractivity contribution in [2.24, 2.45) is 0 Å². The van der Waals surface area contributed by atoms with E-state index in [9.17, 15) is 9.59 Å². The molecule has 0 aromatic heterocycles. The van der Waals surface area contributed by atoms with Crippen LogP contribution in [0.4, 0.5) is 0 Å². The quantitative estimate of drug-likeness (QED) is 0.280. The number of hydrogen-bond acceptors (Lipinski definition) is 3. The molecule has 0 radical (unpaired) electrons. The zero-order chi connectivity index (χ0) is 15.3. The van der Waals surface area contributed by atoms with Gasteiger partial charge in [-0.3, -0.25) is 0 Å². The fraction of sp³-hybridized carbons (Fsp3) is 0.778. The van der Waals surface area contributed by atoms with E-state index in [1.807, 2.05) is 13.0 Å². The van der Waals surface area contributed by atoms with Gasteiger partial charge >= 0.3 is 5.97 Å². The summed E-state index contributed by atoms with van der Waals surface area (Å²) in [5, 5.41) is 0. The Kier molecular flexibility index (Phi) is 9.84. The van der Waals surface area contributed by atoms with Gasteiger partial charge in [-0.2, -0.15) is 0 Å². The summed E-state index contributed by atoms with van der Waals surface area (Å²) in [4.78, 5) is 21.6. The first-order chi connectivity index (χ1) is 10.2. The summed E-state index contributed by atoms with van der Waals surface area (Å²) < 4.78 is 5.08. The molecule has 1 aliphatic rings. The molecule has 0 fully saturated rings. The van der Waals surface area contributed by atoms with E-state index >= 15 is 0 Å². The Hall–Kier alpha value is -1.12. The molecule has 0 spiro atoms. The maximum absolute atomic E-state index is 11.4. The summed E-state index contributed by atoms with van der Waals surface area (Å²) >= 11 is 0. The van der Waals surface area contributed by atoms with Crippen molar-refractivity contribution in [3.8, 4) is 0 Å². The molecule has 1 rings (SSSR count). The van der Waals surface area contributed by atoms with E-state index in [0.29, 0.717) is 0 Å². The van der Waals surface area contributed by atoms with E-state index in [1.54, 1.807) is 0 Å². The van der Waals surface area contributed by atoms with Gasteiger partial charge in [0.2, 0.25) is 0 Å². The van der Waals surface area contributed by atoms with Crippen LogP contribution in [0.2, 0.25) is 0 Å². The van der Waals surface area contributed by atoms with Crippen LogP contribution in [0, 0.1) is 0 Å². The first kappa shape index (κ1) is 17.9. The van der Waals surface area contributed by atoms with Crippen LogP contribution < -0.4 is 0 Å². The standard InChI is InChI=1S/C18H30O3/c1-16-15-17(18(20)21-16)13-11-9-7-5-3-2-4-6-8-10-12-14-19/h14-16H,2-13H2,1H3/t16-/m0/s1. The summed E-state index contributed by atoms with van der Waals surface area (Å²) in [6.07, 6.45) is 16.9.